The molecule has 20 heavy (non-hydrogen) atoms. The molecule has 0 amide bonds. The zero-order chi connectivity index (χ0) is 14.5. The van der Waals surface area contributed by atoms with E-state index in [0.717, 1.165) is 17.7 Å². The van der Waals surface area contributed by atoms with Gasteiger partial charge >= 0.3 is 0 Å². The summed E-state index contributed by atoms with van der Waals surface area (Å²) in [7, 11) is 3.45. The van der Waals surface area contributed by atoms with Crippen molar-refractivity contribution in [2.45, 2.75) is 13.1 Å². The molecule has 0 aliphatic heterocycles. The number of hydrogen-bond acceptors (Lipinski definition) is 4. The van der Waals surface area contributed by atoms with E-state index in [9.17, 15) is 10.1 Å². The van der Waals surface area contributed by atoms with Crippen LogP contribution in [0.15, 0.2) is 36.7 Å². The van der Waals surface area contributed by atoms with Gasteiger partial charge in [0.05, 0.1) is 18.6 Å². The fraction of sp³-hybridized carbons (Fsp3) is 0.286. The first-order valence-electron chi connectivity index (χ1n) is 6.24. The molecule has 0 aliphatic carbocycles. The van der Waals surface area contributed by atoms with Gasteiger partial charge in [-0.2, -0.15) is 0 Å². The molecule has 0 bridgehead atoms. The maximum absolute atomic E-state index is 10.8. The number of nitro benzene ring substituents is 1. The lowest BCUT2D eigenvalue weighted by Crippen LogP contribution is -2.04. The molecular formula is C14H17N3O3. The summed E-state index contributed by atoms with van der Waals surface area (Å²) < 4.78 is 7.24. The van der Waals surface area contributed by atoms with Gasteiger partial charge in [-0.05, 0) is 24.7 Å². The van der Waals surface area contributed by atoms with Gasteiger partial charge in [-0.3, -0.25) is 10.1 Å². The van der Waals surface area contributed by atoms with E-state index in [2.05, 4.69) is 5.32 Å². The van der Waals surface area contributed by atoms with Crippen LogP contribution in [0.25, 0.3) is 0 Å². The lowest BCUT2D eigenvalue weighted by Gasteiger charge is -2.09. The first kappa shape index (κ1) is 14.1. The van der Waals surface area contributed by atoms with Crippen LogP contribution in [0.2, 0.25) is 0 Å². The molecule has 1 aromatic heterocycles. The molecule has 0 spiro atoms. The molecule has 0 saturated carbocycles. The normalized spacial score (nSPS) is 10.5. The van der Waals surface area contributed by atoms with Crippen molar-refractivity contribution < 1.29 is 9.66 Å². The molecule has 106 valence electrons. The number of methoxy groups -OCH3 is 1. The molecule has 0 fully saturated rings. The standard InChI is InChI=1S/C14H17N3O3/c1-15-8-11-5-6-16(9-11)10-12-7-13(17(18)19)3-4-14(12)20-2/h3-7,9,15H,8,10H2,1-2H3. The number of benzene rings is 1. The predicted molar refractivity (Wildman–Crippen MR) is 75.9 cm³/mol. The Morgan fingerprint density at radius 2 is 2.20 bits per heavy atom. The van der Waals surface area contributed by atoms with E-state index < -0.39 is 4.92 Å². The number of hydrogen-bond donors (Lipinski definition) is 1. The summed E-state index contributed by atoms with van der Waals surface area (Å²) in [4.78, 5) is 10.4. The molecular weight excluding hydrogens is 258 g/mol. The highest BCUT2D eigenvalue weighted by Gasteiger charge is 2.11. The smallest absolute Gasteiger partial charge is 0.270 e. The van der Waals surface area contributed by atoms with Gasteiger partial charge in [-0.25, -0.2) is 0 Å². The third-order valence-electron chi connectivity index (χ3n) is 3.02. The van der Waals surface area contributed by atoms with Crippen LogP contribution in [0.5, 0.6) is 5.75 Å². The van der Waals surface area contributed by atoms with Crippen molar-refractivity contribution in [3.8, 4) is 5.75 Å². The number of nitro groups is 1. The fourth-order valence-electron chi connectivity index (χ4n) is 2.10. The van der Waals surface area contributed by atoms with Gasteiger partial charge in [0.25, 0.3) is 5.69 Å². The van der Waals surface area contributed by atoms with Crippen LogP contribution in [0, 0.1) is 10.1 Å². The Hall–Kier alpha value is -2.34. The Morgan fingerprint density at radius 3 is 2.85 bits per heavy atom. The largest absolute Gasteiger partial charge is 0.496 e. The van der Waals surface area contributed by atoms with E-state index in [0.29, 0.717) is 12.3 Å². The minimum absolute atomic E-state index is 0.0726. The van der Waals surface area contributed by atoms with Crippen molar-refractivity contribution in [2.75, 3.05) is 14.2 Å². The lowest BCUT2D eigenvalue weighted by molar-refractivity contribution is -0.384. The Bertz CT molecular complexity index is 607. The van der Waals surface area contributed by atoms with Gasteiger partial charge in [0.15, 0.2) is 0 Å². The van der Waals surface area contributed by atoms with E-state index in [1.807, 2.05) is 30.1 Å². The number of non-ortho nitro benzene ring substituents is 1. The van der Waals surface area contributed by atoms with Crippen LogP contribution in [0.3, 0.4) is 0 Å². The monoisotopic (exact) mass is 275 g/mol. The molecule has 6 heteroatoms. The minimum Gasteiger partial charge on any atom is -0.496 e. The van der Waals surface area contributed by atoms with Crippen LogP contribution in [0.1, 0.15) is 11.1 Å². The maximum Gasteiger partial charge on any atom is 0.270 e. The van der Waals surface area contributed by atoms with E-state index in [1.54, 1.807) is 19.2 Å². The highest BCUT2D eigenvalue weighted by Crippen LogP contribution is 2.25. The van der Waals surface area contributed by atoms with Crippen LogP contribution in [0.4, 0.5) is 5.69 Å². The third-order valence-corrected chi connectivity index (χ3v) is 3.02. The summed E-state index contributed by atoms with van der Waals surface area (Å²) in [5.41, 5.74) is 2.02. The van der Waals surface area contributed by atoms with Crippen molar-refractivity contribution in [3.05, 3.63) is 57.9 Å². The van der Waals surface area contributed by atoms with Gasteiger partial charge < -0.3 is 14.6 Å². The third kappa shape index (κ3) is 3.16. The molecule has 6 nitrogen and oxygen atoms in total. The lowest BCUT2D eigenvalue weighted by atomic mass is 10.1. The molecule has 0 unspecified atom stereocenters. The van der Waals surface area contributed by atoms with Crippen molar-refractivity contribution in [3.63, 3.8) is 0 Å². The molecule has 1 aromatic carbocycles. The SMILES string of the molecule is CNCc1ccn(Cc2cc([N+](=O)[O-])ccc2OC)c1. The molecule has 2 rings (SSSR count). The van der Waals surface area contributed by atoms with Crippen LogP contribution < -0.4 is 10.1 Å². The second-order valence-corrected chi connectivity index (χ2v) is 4.48. The van der Waals surface area contributed by atoms with Gasteiger partial charge in [-0.1, -0.05) is 0 Å². The Kier molecular flexibility index (Phi) is 4.37. The van der Waals surface area contributed by atoms with E-state index >= 15 is 0 Å². The average Bonchev–Trinajstić information content (AvgIpc) is 2.86. The van der Waals surface area contributed by atoms with Crippen LogP contribution in [-0.4, -0.2) is 23.6 Å². The van der Waals surface area contributed by atoms with Crippen molar-refractivity contribution in [1.82, 2.24) is 9.88 Å². The number of rotatable bonds is 6. The van der Waals surface area contributed by atoms with E-state index in [-0.39, 0.29) is 5.69 Å². The van der Waals surface area contributed by atoms with Crippen molar-refractivity contribution in [1.29, 1.82) is 0 Å². The number of aromatic nitrogens is 1. The van der Waals surface area contributed by atoms with Gasteiger partial charge in [-0.15, -0.1) is 0 Å². The Morgan fingerprint density at radius 1 is 1.40 bits per heavy atom. The van der Waals surface area contributed by atoms with Crippen molar-refractivity contribution in [2.24, 2.45) is 0 Å². The van der Waals surface area contributed by atoms with Gasteiger partial charge in [0, 0.05) is 36.6 Å². The summed E-state index contributed by atoms with van der Waals surface area (Å²) in [6, 6.07) is 6.65. The second kappa shape index (κ2) is 6.21. The minimum atomic E-state index is -0.398. The topological polar surface area (TPSA) is 69.3 Å². The van der Waals surface area contributed by atoms with Crippen LogP contribution >= 0.6 is 0 Å². The number of ether oxygens (including phenoxy) is 1. The quantitative estimate of drug-likeness (QED) is 0.648. The molecule has 0 radical (unpaired) electrons. The Balaban J connectivity index is 2.25. The highest BCUT2D eigenvalue weighted by molar-refractivity contribution is 5.44. The summed E-state index contributed by atoms with van der Waals surface area (Å²) in [5, 5.41) is 13.9. The molecule has 0 aliphatic rings. The summed E-state index contributed by atoms with van der Waals surface area (Å²) in [6.45, 7) is 1.33. The highest BCUT2D eigenvalue weighted by atomic mass is 16.6. The number of nitrogens with one attached hydrogen (secondary N) is 1. The molecule has 0 atom stereocenters. The Labute approximate surface area is 117 Å². The summed E-state index contributed by atoms with van der Waals surface area (Å²) in [5.74, 6) is 0.652. The molecule has 1 heterocycles. The zero-order valence-electron chi connectivity index (χ0n) is 11.5. The van der Waals surface area contributed by atoms with Crippen LogP contribution in [-0.2, 0) is 13.1 Å². The second-order valence-electron chi connectivity index (χ2n) is 4.48. The predicted octanol–water partition coefficient (Wildman–Crippen LogP) is 2.17. The molecule has 1 N–H and O–H groups in total. The van der Waals surface area contributed by atoms with E-state index in [4.69, 9.17) is 4.74 Å². The first-order chi connectivity index (χ1) is 9.63. The fourth-order valence-corrected chi connectivity index (χ4v) is 2.10. The zero-order valence-corrected chi connectivity index (χ0v) is 11.5. The van der Waals surface area contributed by atoms with Gasteiger partial charge in [0.1, 0.15) is 5.75 Å². The van der Waals surface area contributed by atoms with Crippen molar-refractivity contribution >= 4 is 5.69 Å². The maximum atomic E-state index is 10.8. The molecule has 0 saturated heterocycles. The van der Waals surface area contributed by atoms with Gasteiger partial charge in [0.2, 0.25) is 0 Å². The first-order valence-corrected chi connectivity index (χ1v) is 6.24. The average molecular weight is 275 g/mol. The number of nitrogens with zero attached hydrogens (tertiary/aromatic N) is 2. The summed E-state index contributed by atoms with van der Waals surface area (Å²) >= 11 is 0. The molecule has 2 aromatic rings. The van der Waals surface area contributed by atoms with E-state index in [1.165, 1.54) is 6.07 Å². The summed E-state index contributed by atoms with van der Waals surface area (Å²) in [6.07, 6.45) is 3.96.